The van der Waals surface area contributed by atoms with Crippen LogP contribution in [0, 0.1) is 6.92 Å². The van der Waals surface area contributed by atoms with E-state index in [1.54, 1.807) is 7.11 Å². The van der Waals surface area contributed by atoms with Crippen molar-refractivity contribution in [2.45, 2.75) is 26.7 Å². The van der Waals surface area contributed by atoms with Crippen molar-refractivity contribution >= 4 is 16.8 Å². The molecular formula is C24H26O. The molecule has 0 heterocycles. The number of hydrogen-bond donors (Lipinski definition) is 0. The molecule has 1 nitrogen and oxygen atoms in total. The molecule has 0 saturated carbocycles. The summed E-state index contributed by atoms with van der Waals surface area (Å²) in [6.07, 6.45) is 4.25. The average molecular weight is 330 g/mol. The van der Waals surface area contributed by atoms with Crippen molar-refractivity contribution in [1.29, 1.82) is 0 Å². The second kappa shape index (κ2) is 7.67. The summed E-state index contributed by atoms with van der Waals surface area (Å²) in [5.74, 6) is 0.504. The molecule has 0 unspecified atom stereocenters. The van der Waals surface area contributed by atoms with Crippen molar-refractivity contribution in [2.75, 3.05) is 13.7 Å². The standard InChI is InChI=1S/C24H26O/c1-17(2)22-12-6-10-21-15-20(11-7-13-25-4)23(16-24(21)22)19-9-5-8-18(3)14-19/h5-12,14-17H,13H2,1-4H3/b11-7+. The minimum Gasteiger partial charge on any atom is -0.381 e. The van der Waals surface area contributed by atoms with Gasteiger partial charge < -0.3 is 4.74 Å². The first-order valence-electron chi connectivity index (χ1n) is 8.89. The fourth-order valence-corrected chi connectivity index (χ4v) is 3.34. The fraction of sp³-hybridized carbons (Fsp3) is 0.250. The Labute approximate surface area is 151 Å². The SMILES string of the molecule is COC/C=C/c1cc2cccc(C(C)C)c2cc1-c1cccc(C)c1. The second-order valence-corrected chi connectivity index (χ2v) is 6.89. The molecule has 0 aliphatic rings. The average Bonchev–Trinajstić information content (AvgIpc) is 2.60. The van der Waals surface area contributed by atoms with Crippen molar-refractivity contribution in [3.05, 3.63) is 77.4 Å². The maximum Gasteiger partial charge on any atom is 0.0646 e. The van der Waals surface area contributed by atoms with Crippen LogP contribution in [0.25, 0.3) is 28.0 Å². The lowest BCUT2D eigenvalue weighted by Crippen LogP contribution is -1.92. The van der Waals surface area contributed by atoms with E-state index in [-0.39, 0.29) is 0 Å². The number of rotatable bonds is 5. The van der Waals surface area contributed by atoms with Gasteiger partial charge in [-0.25, -0.2) is 0 Å². The summed E-state index contributed by atoms with van der Waals surface area (Å²) < 4.78 is 5.18. The molecule has 0 saturated heterocycles. The molecule has 0 atom stereocenters. The molecule has 0 amide bonds. The van der Waals surface area contributed by atoms with Gasteiger partial charge in [0.05, 0.1) is 6.61 Å². The van der Waals surface area contributed by atoms with Crippen LogP contribution < -0.4 is 0 Å². The molecule has 0 aliphatic heterocycles. The minimum absolute atomic E-state index is 0.504. The van der Waals surface area contributed by atoms with Gasteiger partial charge in [0.1, 0.15) is 0 Å². The lowest BCUT2D eigenvalue weighted by Gasteiger charge is -2.15. The van der Waals surface area contributed by atoms with Crippen LogP contribution in [-0.2, 0) is 4.74 Å². The van der Waals surface area contributed by atoms with Crippen molar-refractivity contribution in [1.82, 2.24) is 0 Å². The summed E-state index contributed by atoms with van der Waals surface area (Å²) in [7, 11) is 1.72. The fourth-order valence-electron chi connectivity index (χ4n) is 3.34. The monoisotopic (exact) mass is 330 g/mol. The predicted molar refractivity (Wildman–Crippen MR) is 109 cm³/mol. The van der Waals surface area contributed by atoms with Gasteiger partial charge >= 0.3 is 0 Å². The van der Waals surface area contributed by atoms with Gasteiger partial charge in [0, 0.05) is 7.11 Å². The highest BCUT2D eigenvalue weighted by Crippen LogP contribution is 2.34. The molecule has 0 spiro atoms. The van der Waals surface area contributed by atoms with Crippen LogP contribution in [0.5, 0.6) is 0 Å². The second-order valence-electron chi connectivity index (χ2n) is 6.89. The number of ether oxygens (including phenoxy) is 1. The zero-order chi connectivity index (χ0) is 17.8. The summed E-state index contributed by atoms with van der Waals surface area (Å²) in [5.41, 5.74) is 6.45. The van der Waals surface area contributed by atoms with Crippen LogP contribution in [0.4, 0.5) is 0 Å². The smallest absolute Gasteiger partial charge is 0.0646 e. The third kappa shape index (κ3) is 3.83. The number of aryl methyl sites for hydroxylation is 1. The molecule has 0 fully saturated rings. The van der Waals surface area contributed by atoms with Gasteiger partial charge in [-0.2, -0.15) is 0 Å². The molecule has 0 radical (unpaired) electrons. The van der Waals surface area contributed by atoms with Crippen molar-refractivity contribution in [2.24, 2.45) is 0 Å². The lowest BCUT2D eigenvalue weighted by molar-refractivity contribution is 0.234. The van der Waals surface area contributed by atoms with E-state index >= 15 is 0 Å². The zero-order valence-electron chi connectivity index (χ0n) is 15.5. The number of benzene rings is 3. The Hall–Kier alpha value is -2.38. The molecule has 0 aromatic heterocycles. The van der Waals surface area contributed by atoms with Gasteiger partial charge in [-0.05, 0) is 58.0 Å². The van der Waals surface area contributed by atoms with Crippen LogP contribution >= 0.6 is 0 Å². The Balaban J connectivity index is 2.26. The van der Waals surface area contributed by atoms with E-state index in [2.05, 4.69) is 87.5 Å². The molecule has 1 heteroatoms. The molecular weight excluding hydrogens is 304 g/mol. The third-order valence-electron chi connectivity index (χ3n) is 4.60. The number of hydrogen-bond acceptors (Lipinski definition) is 1. The van der Waals surface area contributed by atoms with E-state index in [9.17, 15) is 0 Å². The molecule has 128 valence electrons. The lowest BCUT2D eigenvalue weighted by atomic mass is 9.90. The Morgan fingerprint density at radius 2 is 1.80 bits per heavy atom. The third-order valence-corrected chi connectivity index (χ3v) is 4.60. The summed E-state index contributed by atoms with van der Waals surface area (Å²) >= 11 is 0. The highest BCUT2D eigenvalue weighted by atomic mass is 16.5. The van der Waals surface area contributed by atoms with E-state index in [1.165, 1.54) is 38.6 Å². The highest BCUT2D eigenvalue weighted by molar-refractivity contribution is 5.94. The topological polar surface area (TPSA) is 9.23 Å². The maximum absolute atomic E-state index is 5.18. The molecule has 0 N–H and O–H groups in total. The van der Waals surface area contributed by atoms with Crippen LogP contribution in [0.15, 0.2) is 60.7 Å². The minimum atomic E-state index is 0.504. The highest BCUT2D eigenvalue weighted by Gasteiger charge is 2.10. The first-order valence-corrected chi connectivity index (χ1v) is 8.89. The maximum atomic E-state index is 5.18. The molecule has 3 rings (SSSR count). The van der Waals surface area contributed by atoms with Crippen molar-refractivity contribution in [3.63, 3.8) is 0 Å². The predicted octanol–water partition coefficient (Wildman–Crippen LogP) is 6.60. The van der Waals surface area contributed by atoms with Gasteiger partial charge in [-0.1, -0.05) is 74.0 Å². The van der Waals surface area contributed by atoms with E-state index < -0.39 is 0 Å². The number of fused-ring (bicyclic) bond motifs is 1. The Morgan fingerprint density at radius 3 is 2.52 bits per heavy atom. The first-order chi connectivity index (χ1) is 12.1. The van der Waals surface area contributed by atoms with Crippen molar-refractivity contribution < 1.29 is 4.74 Å². The van der Waals surface area contributed by atoms with Gasteiger partial charge in [0.15, 0.2) is 0 Å². The molecule has 25 heavy (non-hydrogen) atoms. The van der Waals surface area contributed by atoms with Crippen LogP contribution in [0.2, 0.25) is 0 Å². The summed E-state index contributed by atoms with van der Waals surface area (Å²) in [5, 5.41) is 2.64. The Kier molecular flexibility index (Phi) is 5.35. The normalized spacial score (nSPS) is 11.7. The van der Waals surface area contributed by atoms with E-state index in [4.69, 9.17) is 4.74 Å². The number of methoxy groups -OCH3 is 1. The Morgan fingerprint density at radius 1 is 1.00 bits per heavy atom. The van der Waals surface area contributed by atoms with Crippen LogP contribution in [0.3, 0.4) is 0 Å². The molecule has 0 aliphatic carbocycles. The van der Waals surface area contributed by atoms with E-state index in [0.717, 1.165) is 0 Å². The first kappa shape index (κ1) is 17.4. The zero-order valence-corrected chi connectivity index (χ0v) is 15.5. The Bertz CT molecular complexity index is 903. The van der Waals surface area contributed by atoms with Crippen LogP contribution in [-0.4, -0.2) is 13.7 Å². The molecule has 0 bridgehead atoms. The largest absolute Gasteiger partial charge is 0.381 e. The molecule has 3 aromatic carbocycles. The van der Waals surface area contributed by atoms with Gasteiger partial charge in [0.25, 0.3) is 0 Å². The van der Waals surface area contributed by atoms with Crippen LogP contribution in [0.1, 0.15) is 36.5 Å². The van der Waals surface area contributed by atoms with Crippen molar-refractivity contribution in [3.8, 4) is 11.1 Å². The van der Waals surface area contributed by atoms with Gasteiger partial charge in [0.2, 0.25) is 0 Å². The summed E-state index contributed by atoms with van der Waals surface area (Å²) in [4.78, 5) is 0. The summed E-state index contributed by atoms with van der Waals surface area (Å²) in [6, 6.07) is 20.0. The quantitative estimate of drug-likeness (QED) is 0.512. The summed E-state index contributed by atoms with van der Waals surface area (Å²) in [6.45, 7) is 7.28. The van der Waals surface area contributed by atoms with E-state index in [1.807, 2.05) is 0 Å². The van der Waals surface area contributed by atoms with E-state index in [0.29, 0.717) is 12.5 Å². The van der Waals surface area contributed by atoms with Gasteiger partial charge in [-0.3, -0.25) is 0 Å². The molecule has 3 aromatic rings. The van der Waals surface area contributed by atoms with Gasteiger partial charge in [-0.15, -0.1) is 0 Å².